The average molecular weight is 227 g/mol. The van der Waals surface area contributed by atoms with Crippen LogP contribution in [0, 0.1) is 11.3 Å². The molecule has 0 aromatic rings. The third kappa shape index (κ3) is 4.00. The van der Waals surface area contributed by atoms with E-state index in [0.717, 1.165) is 31.8 Å². The maximum atomic E-state index is 8.63. The molecule has 0 spiro atoms. The van der Waals surface area contributed by atoms with Crippen LogP contribution in [0.4, 0.5) is 0 Å². The summed E-state index contributed by atoms with van der Waals surface area (Å²) in [6, 6.07) is 0. The van der Waals surface area contributed by atoms with Crippen molar-refractivity contribution in [3.63, 3.8) is 0 Å². The van der Waals surface area contributed by atoms with Gasteiger partial charge in [0, 0.05) is 5.41 Å². The van der Waals surface area contributed by atoms with E-state index in [1.165, 1.54) is 19.3 Å². The summed E-state index contributed by atoms with van der Waals surface area (Å²) in [5, 5.41) is 15.2. The van der Waals surface area contributed by atoms with Crippen LogP contribution in [0.15, 0.2) is 5.16 Å². The summed E-state index contributed by atoms with van der Waals surface area (Å²) >= 11 is 0. The molecular weight excluding hydrogens is 202 g/mol. The minimum atomic E-state index is -0.201. The molecule has 1 fully saturated rings. The number of amidine groups is 1. The Morgan fingerprint density at radius 2 is 2.19 bits per heavy atom. The summed E-state index contributed by atoms with van der Waals surface area (Å²) in [5.41, 5.74) is 5.42. The van der Waals surface area contributed by atoms with E-state index in [1.54, 1.807) is 0 Å². The first-order chi connectivity index (χ1) is 7.56. The maximum Gasteiger partial charge on any atom is 0.144 e. The Balaban J connectivity index is 2.05. The van der Waals surface area contributed by atoms with Crippen molar-refractivity contribution in [3.05, 3.63) is 0 Å². The highest BCUT2D eigenvalue weighted by molar-refractivity contribution is 5.85. The molecule has 0 aliphatic heterocycles. The molecule has 1 rings (SSSR count). The second-order valence-electron chi connectivity index (χ2n) is 5.47. The molecule has 4 nitrogen and oxygen atoms in total. The van der Waals surface area contributed by atoms with E-state index >= 15 is 0 Å². The number of hydrogen-bond donors (Lipinski definition) is 3. The summed E-state index contributed by atoms with van der Waals surface area (Å²) in [4.78, 5) is 0. The van der Waals surface area contributed by atoms with Crippen LogP contribution in [0.3, 0.4) is 0 Å². The van der Waals surface area contributed by atoms with Crippen LogP contribution >= 0.6 is 0 Å². The molecule has 0 radical (unpaired) electrons. The molecule has 4 N–H and O–H groups in total. The fourth-order valence-electron chi connectivity index (χ4n) is 1.92. The lowest BCUT2D eigenvalue weighted by Crippen LogP contribution is -2.33. The number of rotatable bonds is 7. The second kappa shape index (κ2) is 6.09. The van der Waals surface area contributed by atoms with Crippen molar-refractivity contribution < 1.29 is 5.21 Å². The molecular formula is C12H25N3O. The lowest BCUT2D eigenvalue weighted by atomic mass is 9.85. The van der Waals surface area contributed by atoms with Crippen molar-refractivity contribution in [2.24, 2.45) is 22.2 Å². The van der Waals surface area contributed by atoms with Crippen LogP contribution in [0.1, 0.15) is 46.0 Å². The van der Waals surface area contributed by atoms with E-state index in [4.69, 9.17) is 10.9 Å². The molecule has 0 atom stereocenters. The lowest BCUT2D eigenvalue weighted by molar-refractivity contribution is 0.295. The molecule has 1 saturated carbocycles. The maximum absolute atomic E-state index is 8.63. The van der Waals surface area contributed by atoms with Gasteiger partial charge in [-0.3, -0.25) is 0 Å². The first-order valence-electron chi connectivity index (χ1n) is 6.25. The van der Waals surface area contributed by atoms with E-state index in [-0.39, 0.29) is 5.41 Å². The fourth-order valence-corrected chi connectivity index (χ4v) is 1.92. The van der Waals surface area contributed by atoms with Gasteiger partial charge in [-0.15, -0.1) is 0 Å². The highest BCUT2D eigenvalue weighted by atomic mass is 16.4. The zero-order chi connectivity index (χ0) is 12.0. The number of oxime groups is 1. The van der Waals surface area contributed by atoms with Gasteiger partial charge in [0.1, 0.15) is 5.84 Å². The van der Waals surface area contributed by atoms with Crippen molar-refractivity contribution in [1.82, 2.24) is 5.32 Å². The SMILES string of the molecule is CC(C)(CCCNCC1CCC1)C(N)=NO. The second-order valence-corrected chi connectivity index (χ2v) is 5.47. The predicted octanol–water partition coefficient (Wildman–Crippen LogP) is 1.93. The summed E-state index contributed by atoms with van der Waals surface area (Å²) in [6.07, 6.45) is 6.20. The first kappa shape index (κ1) is 13.3. The Labute approximate surface area is 98.3 Å². The molecule has 1 aliphatic rings. The molecule has 0 unspecified atom stereocenters. The smallest absolute Gasteiger partial charge is 0.144 e. The van der Waals surface area contributed by atoms with E-state index in [0.29, 0.717) is 5.84 Å². The molecule has 0 aromatic carbocycles. The molecule has 94 valence electrons. The van der Waals surface area contributed by atoms with Crippen LogP contribution in [0.2, 0.25) is 0 Å². The predicted molar refractivity (Wildman–Crippen MR) is 66.6 cm³/mol. The van der Waals surface area contributed by atoms with E-state index in [9.17, 15) is 0 Å². The van der Waals surface area contributed by atoms with E-state index in [1.807, 2.05) is 13.8 Å². The van der Waals surface area contributed by atoms with Gasteiger partial charge in [0.25, 0.3) is 0 Å². The van der Waals surface area contributed by atoms with Crippen molar-refractivity contribution in [2.45, 2.75) is 46.0 Å². The van der Waals surface area contributed by atoms with Gasteiger partial charge in [0.2, 0.25) is 0 Å². The number of nitrogens with zero attached hydrogens (tertiary/aromatic N) is 1. The topological polar surface area (TPSA) is 70.6 Å². The summed E-state index contributed by atoms with van der Waals surface area (Å²) < 4.78 is 0. The molecule has 1 aliphatic carbocycles. The monoisotopic (exact) mass is 227 g/mol. The largest absolute Gasteiger partial charge is 0.409 e. The third-order valence-corrected chi connectivity index (χ3v) is 3.61. The number of nitrogens with two attached hydrogens (primary N) is 1. The Kier molecular flexibility index (Phi) is 5.06. The highest BCUT2D eigenvalue weighted by Gasteiger charge is 2.23. The van der Waals surface area contributed by atoms with E-state index < -0.39 is 0 Å². The van der Waals surface area contributed by atoms with E-state index in [2.05, 4.69) is 10.5 Å². The Bertz CT molecular complexity index is 234. The molecule has 0 aromatic heterocycles. The Hall–Kier alpha value is -0.770. The van der Waals surface area contributed by atoms with Crippen LogP contribution in [-0.4, -0.2) is 24.1 Å². The van der Waals surface area contributed by atoms with Gasteiger partial charge in [-0.1, -0.05) is 25.4 Å². The van der Waals surface area contributed by atoms with Crippen molar-refractivity contribution >= 4 is 5.84 Å². The molecule has 4 heteroatoms. The van der Waals surface area contributed by atoms with Crippen LogP contribution in [-0.2, 0) is 0 Å². The van der Waals surface area contributed by atoms with Gasteiger partial charge < -0.3 is 16.3 Å². The van der Waals surface area contributed by atoms with Crippen LogP contribution in [0.5, 0.6) is 0 Å². The highest BCUT2D eigenvalue weighted by Crippen LogP contribution is 2.25. The number of hydrogen-bond acceptors (Lipinski definition) is 3. The Morgan fingerprint density at radius 3 is 2.69 bits per heavy atom. The molecule has 0 amide bonds. The Morgan fingerprint density at radius 1 is 1.50 bits per heavy atom. The average Bonchev–Trinajstić information content (AvgIpc) is 2.19. The van der Waals surface area contributed by atoms with Gasteiger partial charge >= 0.3 is 0 Å². The minimum Gasteiger partial charge on any atom is -0.409 e. The fraction of sp³-hybridized carbons (Fsp3) is 0.917. The number of nitrogens with one attached hydrogen (secondary N) is 1. The zero-order valence-electron chi connectivity index (χ0n) is 10.5. The summed E-state index contributed by atoms with van der Waals surface area (Å²) in [7, 11) is 0. The normalized spacial score (nSPS) is 18.5. The lowest BCUT2D eigenvalue weighted by Gasteiger charge is -2.26. The summed E-state index contributed by atoms with van der Waals surface area (Å²) in [5.74, 6) is 1.24. The van der Waals surface area contributed by atoms with Crippen LogP contribution in [0.25, 0.3) is 0 Å². The van der Waals surface area contributed by atoms with Crippen LogP contribution < -0.4 is 11.1 Å². The molecule has 0 bridgehead atoms. The quantitative estimate of drug-likeness (QED) is 0.205. The standard InChI is InChI=1S/C12H25N3O/c1-12(2,11(13)15-16)7-4-8-14-9-10-5-3-6-10/h10,14,16H,3-9H2,1-2H3,(H2,13,15). The molecule has 16 heavy (non-hydrogen) atoms. The van der Waals surface area contributed by atoms with Gasteiger partial charge in [0.05, 0.1) is 0 Å². The molecule has 0 heterocycles. The van der Waals surface area contributed by atoms with Crippen molar-refractivity contribution in [2.75, 3.05) is 13.1 Å². The summed E-state index contributed by atoms with van der Waals surface area (Å²) in [6.45, 7) is 6.20. The van der Waals surface area contributed by atoms with Gasteiger partial charge in [-0.05, 0) is 44.7 Å². The van der Waals surface area contributed by atoms with Gasteiger partial charge in [-0.25, -0.2) is 0 Å². The minimum absolute atomic E-state index is 0.201. The zero-order valence-corrected chi connectivity index (χ0v) is 10.5. The third-order valence-electron chi connectivity index (χ3n) is 3.61. The van der Waals surface area contributed by atoms with Gasteiger partial charge in [0.15, 0.2) is 0 Å². The van der Waals surface area contributed by atoms with Crippen molar-refractivity contribution in [1.29, 1.82) is 0 Å². The van der Waals surface area contributed by atoms with Gasteiger partial charge in [-0.2, -0.15) is 0 Å². The van der Waals surface area contributed by atoms with Crippen molar-refractivity contribution in [3.8, 4) is 0 Å². The molecule has 0 saturated heterocycles. The first-order valence-corrected chi connectivity index (χ1v) is 6.25.